The molecule has 0 aliphatic carbocycles. The average molecular weight is 219 g/mol. The number of β-amino-alcohol motifs (C(OH)–C–C–N with tert-alkyl or cyclic N) is 1. The van der Waals surface area contributed by atoms with Gasteiger partial charge in [0.05, 0.1) is 6.61 Å². The summed E-state index contributed by atoms with van der Waals surface area (Å²) in [6.07, 6.45) is 2.45. The summed E-state index contributed by atoms with van der Waals surface area (Å²) in [5, 5.41) is 8.90. The van der Waals surface area contributed by atoms with Crippen molar-refractivity contribution >= 4 is 0 Å². The van der Waals surface area contributed by atoms with Gasteiger partial charge in [-0.3, -0.25) is 0 Å². The number of rotatable bonds is 3. The van der Waals surface area contributed by atoms with Crippen LogP contribution in [0.1, 0.15) is 29.9 Å². The Morgan fingerprint density at radius 3 is 2.56 bits per heavy atom. The van der Waals surface area contributed by atoms with Crippen LogP contribution in [0.4, 0.5) is 0 Å². The van der Waals surface area contributed by atoms with Crippen LogP contribution in [0.2, 0.25) is 0 Å². The lowest BCUT2D eigenvalue weighted by molar-refractivity contribution is 0.164. The van der Waals surface area contributed by atoms with Gasteiger partial charge in [0.25, 0.3) is 0 Å². The average Bonchev–Trinajstić information content (AvgIpc) is 2.31. The van der Waals surface area contributed by atoms with Crippen LogP contribution in [0.5, 0.6) is 0 Å². The van der Waals surface area contributed by atoms with E-state index in [1.54, 1.807) is 0 Å². The molecular formula is C14H21NO. The molecule has 1 heterocycles. The fourth-order valence-corrected chi connectivity index (χ4v) is 2.65. The first-order valence-electron chi connectivity index (χ1n) is 6.20. The minimum Gasteiger partial charge on any atom is -0.395 e. The Morgan fingerprint density at radius 1 is 1.25 bits per heavy atom. The van der Waals surface area contributed by atoms with E-state index < -0.39 is 0 Å². The lowest BCUT2D eigenvalue weighted by Crippen LogP contribution is -2.35. The Bertz CT molecular complexity index is 329. The maximum atomic E-state index is 8.90. The third-order valence-corrected chi connectivity index (χ3v) is 3.63. The molecule has 1 saturated heterocycles. The highest BCUT2D eigenvalue weighted by molar-refractivity contribution is 5.29. The number of aliphatic hydroxyl groups excluding tert-OH is 1. The SMILES string of the molecule is Cc1ccccc1C1CCN(CCO)CC1. The molecule has 0 bridgehead atoms. The fraction of sp³-hybridized carbons (Fsp3) is 0.571. The Kier molecular flexibility index (Phi) is 3.97. The molecule has 1 N–H and O–H groups in total. The van der Waals surface area contributed by atoms with Crippen molar-refractivity contribution in [3.05, 3.63) is 35.4 Å². The van der Waals surface area contributed by atoms with Gasteiger partial charge in [-0.15, -0.1) is 0 Å². The molecule has 0 unspecified atom stereocenters. The molecule has 1 aliphatic heterocycles. The first-order chi connectivity index (χ1) is 7.81. The normalized spacial score (nSPS) is 18.9. The predicted octanol–water partition coefficient (Wildman–Crippen LogP) is 2.17. The molecule has 0 aromatic heterocycles. The maximum absolute atomic E-state index is 8.90. The molecule has 2 nitrogen and oxygen atoms in total. The van der Waals surface area contributed by atoms with E-state index in [9.17, 15) is 0 Å². The van der Waals surface area contributed by atoms with Crippen LogP contribution >= 0.6 is 0 Å². The third-order valence-electron chi connectivity index (χ3n) is 3.63. The Labute approximate surface area is 97.9 Å². The van der Waals surface area contributed by atoms with Gasteiger partial charge in [-0.25, -0.2) is 0 Å². The fourth-order valence-electron chi connectivity index (χ4n) is 2.65. The minimum atomic E-state index is 0.287. The standard InChI is InChI=1S/C14H21NO/c1-12-4-2-3-5-14(12)13-6-8-15(9-7-13)10-11-16/h2-5,13,16H,6-11H2,1H3. The monoisotopic (exact) mass is 219 g/mol. The van der Waals surface area contributed by atoms with E-state index in [2.05, 4.69) is 36.1 Å². The van der Waals surface area contributed by atoms with Gasteiger partial charge >= 0.3 is 0 Å². The molecule has 1 aromatic carbocycles. The molecule has 88 valence electrons. The minimum absolute atomic E-state index is 0.287. The molecule has 1 fully saturated rings. The lowest BCUT2D eigenvalue weighted by Gasteiger charge is -2.32. The highest BCUT2D eigenvalue weighted by atomic mass is 16.3. The largest absolute Gasteiger partial charge is 0.395 e. The van der Waals surface area contributed by atoms with Gasteiger partial charge in [0.15, 0.2) is 0 Å². The molecule has 16 heavy (non-hydrogen) atoms. The van der Waals surface area contributed by atoms with E-state index in [1.165, 1.54) is 24.0 Å². The maximum Gasteiger partial charge on any atom is 0.0558 e. The zero-order chi connectivity index (χ0) is 11.4. The van der Waals surface area contributed by atoms with Crippen molar-refractivity contribution in [3.63, 3.8) is 0 Å². The molecule has 2 rings (SSSR count). The summed E-state index contributed by atoms with van der Waals surface area (Å²) in [5.74, 6) is 0.719. The van der Waals surface area contributed by atoms with E-state index in [0.29, 0.717) is 0 Å². The van der Waals surface area contributed by atoms with Crippen molar-refractivity contribution in [2.45, 2.75) is 25.7 Å². The van der Waals surface area contributed by atoms with Crippen molar-refractivity contribution in [1.82, 2.24) is 4.90 Å². The van der Waals surface area contributed by atoms with Crippen LogP contribution < -0.4 is 0 Å². The second kappa shape index (κ2) is 5.46. The summed E-state index contributed by atoms with van der Waals surface area (Å²) in [6, 6.07) is 8.72. The first-order valence-corrected chi connectivity index (χ1v) is 6.20. The van der Waals surface area contributed by atoms with E-state index in [0.717, 1.165) is 25.6 Å². The van der Waals surface area contributed by atoms with Crippen molar-refractivity contribution < 1.29 is 5.11 Å². The Hall–Kier alpha value is -0.860. The van der Waals surface area contributed by atoms with E-state index in [4.69, 9.17) is 5.11 Å². The van der Waals surface area contributed by atoms with E-state index in [1.807, 2.05) is 0 Å². The van der Waals surface area contributed by atoms with Gasteiger partial charge in [-0.2, -0.15) is 0 Å². The van der Waals surface area contributed by atoms with E-state index in [-0.39, 0.29) is 6.61 Å². The number of nitrogens with zero attached hydrogens (tertiary/aromatic N) is 1. The molecule has 2 heteroatoms. The number of likely N-dealkylation sites (tertiary alicyclic amines) is 1. The number of aryl methyl sites for hydroxylation is 1. The van der Waals surface area contributed by atoms with Gasteiger partial charge in [0.2, 0.25) is 0 Å². The molecule has 0 amide bonds. The number of benzene rings is 1. The number of hydrogen-bond donors (Lipinski definition) is 1. The Morgan fingerprint density at radius 2 is 1.94 bits per heavy atom. The summed E-state index contributed by atoms with van der Waals surface area (Å²) in [7, 11) is 0. The van der Waals surface area contributed by atoms with Crippen LogP contribution in [-0.2, 0) is 0 Å². The molecule has 0 atom stereocenters. The highest BCUT2D eigenvalue weighted by Crippen LogP contribution is 2.29. The summed E-state index contributed by atoms with van der Waals surface area (Å²) < 4.78 is 0. The topological polar surface area (TPSA) is 23.5 Å². The zero-order valence-corrected chi connectivity index (χ0v) is 10.0. The predicted molar refractivity (Wildman–Crippen MR) is 66.7 cm³/mol. The summed E-state index contributed by atoms with van der Waals surface area (Å²) in [6.45, 7) is 5.57. The smallest absolute Gasteiger partial charge is 0.0558 e. The summed E-state index contributed by atoms with van der Waals surface area (Å²) >= 11 is 0. The molecule has 0 saturated carbocycles. The van der Waals surface area contributed by atoms with Crippen molar-refractivity contribution in [1.29, 1.82) is 0 Å². The number of piperidine rings is 1. The van der Waals surface area contributed by atoms with Crippen molar-refractivity contribution in [2.75, 3.05) is 26.2 Å². The highest BCUT2D eigenvalue weighted by Gasteiger charge is 2.20. The molecule has 1 aromatic rings. The van der Waals surface area contributed by atoms with Gasteiger partial charge in [-0.1, -0.05) is 24.3 Å². The summed E-state index contributed by atoms with van der Waals surface area (Å²) in [4.78, 5) is 2.36. The Balaban J connectivity index is 1.96. The number of hydrogen-bond acceptors (Lipinski definition) is 2. The van der Waals surface area contributed by atoms with Crippen LogP contribution in [0.25, 0.3) is 0 Å². The van der Waals surface area contributed by atoms with Crippen LogP contribution in [0.3, 0.4) is 0 Å². The van der Waals surface area contributed by atoms with E-state index >= 15 is 0 Å². The van der Waals surface area contributed by atoms with Gasteiger partial charge in [-0.05, 0) is 49.9 Å². The second-order valence-electron chi connectivity index (χ2n) is 4.70. The lowest BCUT2D eigenvalue weighted by atomic mass is 9.87. The number of aliphatic hydroxyl groups is 1. The van der Waals surface area contributed by atoms with Crippen LogP contribution in [0.15, 0.2) is 24.3 Å². The van der Waals surface area contributed by atoms with Gasteiger partial charge in [0, 0.05) is 6.54 Å². The van der Waals surface area contributed by atoms with Gasteiger partial charge in [0.1, 0.15) is 0 Å². The molecular weight excluding hydrogens is 198 g/mol. The zero-order valence-electron chi connectivity index (χ0n) is 10.0. The molecule has 0 spiro atoms. The molecule has 0 radical (unpaired) electrons. The third kappa shape index (κ3) is 2.63. The second-order valence-corrected chi connectivity index (χ2v) is 4.70. The van der Waals surface area contributed by atoms with Gasteiger partial charge < -0.3 is 10.0 Å². The summed E-state index contributed by atoms with van der Waals surface area (Å²) in [5.41, 5.74) is 2.94. The van der Waals surface area contributed by atoms with Crippen molar-refractivity contribution in [3.8, 4) is 0 Å². The first kappa shape index (κ1) is 11.6. The van der Waals surface area contributed by atoms with Crippen LogP contribution in [0, 0.1) is 6.92 Å². The quantitative estimate of drug-likeness (QED) is 0.842. The van der Waals surface area contributed by atoms with Crippen LogP contribution in [-0.4, -0.2) is 36.2 Å². The van der Waals surface area contributed by atoms with Crippen molar-refractivity contribution in [2.24, 2.45) is 0 Å². The molecule has 1 aliphatic rings.